The molecule has 0 aliphatic carbocycles. The maximum atomic E-state index is 13.3. The second kappa shape index (κ2) is 46.8. The van der Waals surface area contributed by atoms with Gasteiger partial charge in [0.1, 0.15) is 73.2 Å². The van der Waals surface area contributed by atoms with Gasteiger partial charge in [-0.25, -0.2) is 0 Å². The number of carbonyl (C=O) groups is 1. The third kappa shape index (κ3) is 30.0. The zero-order valence-electron chi connectivity index (χ0n) is 50.7. The van der Waals surface area contributed by atoms with Crippen LogP contribution < -0.4 is 5.32 Å². The van der Waals surface area contributed by atoms with E-state index in [9.17, 15) is 61.0 Å². The van der Waals surface area contributed by atoms with E-state index in [4.69, 9.17) is 28.4 Å². The fourth-order valence-electron chi connectivity index (χ4n) is 10.8. The van der Waals surface area contributed by atoms with Crippen LogP contribution in [0.25, 0.3) is 0 Å². The van der Waals surface area contributed by atoms with Crippen LogP contribution in [0.4, 0.5) is 0 Å². The van der Waals surface area contributed by atoms with Gasteiger partial charge < -0.3 is 89.9 Å². The molecule has 0 aromatic carbocycles. The van der Waals surface area contributed by atoms with Crippen molar-refractivity contribution in [1.82, 2.24) is 5.32 Å². The summed E-state index contributed by atoms with van der Waals surface area (Å²) in [6.45, 7) is 1.63. The van der Waals surface area contributed by atoms with Crippen LogP contribution in [0.2, 0.25) is 0 Å². The number of hydrogen-bond donors (Lipinski definition) is 12. The average molecular weight is 1190 g/mol. The number of aliphatic hydroxyl groups excluding tert-OH is 11. The summed E-state index contributed by atoms with van der Waals surface area (Å²) in [5.41, 5.74) is 0. The molecule has 0 aromatic rings. The molecule has 17 unspecified atom stereocenters. The fraction of sp³-hybridized carbons (Fsp3) is 0.859. The largest absolute Gasteiger partial charge is 0.394 e. The van der Waals surface area contributed by atoms with E-state index in [2.05, 4.69) is 55.6 Å². The Balaban J connectivity index is 1.46. The van der Waals surface area contributed by atoms with Gasteiger partial charge in [0.05, 0.1) is 38.6 Å². The number of aliphatic hydroxyl groups is 11. The Bertz CT molecular complexity index is 1700. The molecule has 3 aliphatic heterocycles. The zero-order chi connectivity index (χ0) is 60.5. The molecule has 0 radical (unpaired) electrons. The summed E-state index contributed by atoms with van der Waals surface area (Å²) in [6, 6.07) is -0.998. The first kappa shape index (κ1) is 75.0. The van der Waals surface area contributed by atoms with Crippen molar-refractivity contribution in [2.24, 2.45) is 0 Å². The van der Waals surface area contributed by atoms with Gasteiger partial charge in [0.2, 0.25) is 5.91 Å². The van der Waals surface area contributed by atoms with Gasteiger partial charge in [0, 0.05) is 6.42 Å². The number of nitrogens with one attached hydrogen (secondary N) is 1. The average Bonchev–Trinajstić information content (AvgIpc) is 3.33. The Morgan fingerprint density at radius 3 is 1.33 bits per heavy atom. The quantitative estimate of drug-likeness (QED) is 0.0215. The fourth-order valence-corrected chi connectivity index (χ4v) is 10.8. The molecule has 3 saturated heterocycles. The standard InChI is InChI=1S/C64H115NO18/c1-3-5-7-9-11-13-15-17-18-19-20-21-22-23-24-25-26-27-28-30-31-33-35-37-39-41-48(69)47(65-52(70)42-40-38-36-34-32-29-16-14-12-10-8-6-4-2)46-78-62-58(76)55(73)60(50(44-67)80-62)83-64-59(77)56(74)61(51(45-68)81-64)82-63-57(75)54(72)53(71)49(43-66)79-63/h8,10,14,16,31,33,39,41,47-51,53-64,66-69,71-77H,3-7,9,11-13,15,17-30,32,34-38,40,42-46H2,1-2H3,(H,65,70)/b10-8-,16-14-,33-31+,41-39+. The SMILES string of the molecule is CCC/C=C\C/C=C\CCCCCCCC(=O)NC(COC1OC(CO)C(OC2OC(CO)C(OC3OC(CO)C(O)C(O)C3O)C(O)C2O)C(O)C1O)C(O)/C=C/CC/C=C/CCCCCCCCCCCCCCCCCCCCC. The van der Waals surface area contributed by atoms with Crippen LogP contribution >= 0.6 is 0 Å². The second-order valence-electron chi connectivity index (χ2n) is 23.2. The molecule has 19 nitrogen and oxygen atoms in total. The molecule has 3 fully saturated rings. The van der Waals surface area contributed by atoms with Crippen LogP contribution in [0.1, 0.15) is 219 Å². The molecule has 3 heterocycles. The summed E-state index contributed by atoms with van der Waals surface area (Å²) in [5.74, 6) is -0.301. The number of ether oxygens (including phenoxy) is 6. The third-order valence-electron chi connectivity index (χ3n) is 16.1. The van der Waals surface area contributed by atoms with Crippen LogP contribution in [0.3, 0.4) is 0 Å². The molecule has 3 aliphatic rings. The minimum absolute atomic E-state index is 0.218. The molecule has 17 atom stereocenters. The molecule has 0 aromatic heterocycles. The number of allylic oxidation sites excluding steroid dienone is 7. The lowest BCUT2D eigenvalue weighted by Gasteiger charge is -2.48. The lowest BCUT2D eigenvalue weighted by molar-refractivity contribution is -0.379. The van der Waals surface area contributed by atoms with Gasteiger partial charge in [0.25, 0.3) is 0 Å². The van der Waals surface area contributed by atoms with E-state index in [1.165, 1.54) is 116 Å². The zero-order valence-corrected chi connectivity index (χ0v) is 50.7. The van der Waals surface area contributed by atoms with E-state index in [1.807, 2.05) is 6.08 Å². The first-order valence-corrected chi connectivity index (χ1v) is 32.4. The number of rotatable bonds is 48. The highest BCUT2D eigenvalue weighted by Gasteiger charge is 2.53. The summed E-state index contributed by atoms with van der Waals surface area (Å²) in [7, 11) is 0. The van der Waals surface area contributed by atoms with E-state index >= 15 is 0 Å². The molecular weight excluding hydrogens is 1070 g/mol. The highest BCUT2D eigenvalue weighted by molar-refractivity contribution is 5.76. The summed E-state index contributed by atoms with van der Waals surface area (Å²) < 4.78 is 34.2. The van der Waals surface area contributed by atoms with Crippen molar-refractivity contribution in [2.75, 3.05) is 26.4 Å². The summed E-state index contributed by atoms with van der Waals surface area (Å²) >= 11 is 0. The first-order valence-electron chi connectivity index (χ1n) is 32.4. The van der Waals surface area contributed by atoms with Gasteiger partial charge >= 0.3 is 0 Å². The Kier molecular flexibility index (Phi) is 42.3. The number of carbonyl (C=O) groups excluding carboxylic acids is 1. The second-order valence-corrected chi connectivity index (χ2v) is 23.2. The molecule has 3 rings (SSSR count). The van der Waals surface area contributed by atoms with Crippen molar-refractivity contribution in [3.63, 3.8) is 0 Å². The van der Waals surface area contributed by atoms with Crippen molar-refractivity contribution in [1.29, 1.82) is 0 Å². The highest BCUT2D eigenvalue weighted by Crippen LogP contribution is 2.33. The van der Waals surface area contributed by atoms with Crippen molar-refractivity contribution < 1.29 is 89.4 Å². The van der Waals surface area contributed by atoms with Gasteiger partial charge in [-0.3, -0.25) is 4.79 Å². The molecule has 1 amide bonds. The van der Waals surface area contributed by atoms with Crippen LogP contribution in [0.15, 0.2) is 48.6 Å². The van der Waals surface area contributed by atoms with Crippen molar-refractivity contribution in [3.05, 3.63) is 48.6 Å². The van der Waals surface area contributed by atoms with Crippen LogP contribution in [0, 0.1) is 0 Å². The molecule has 0 bridgehead atoms. The van der Waals surface area contributed by atoms with Gasteiger partial charge in [-0.2, -0.15) is 0 Å². The molecule has 0 spiro atoms. The number of amides is 1. The Hall–Kier alpha value is -2.25. The van der Waals surface area contributed by atoms with Crippen molar-refractivity contribution >= 4 is 5.91 Å². The summed E-state index contributed by atoms with van der Waals surface area (Å²) in [6.07, 6.45) is 26.8. The lowest BCUT2D eigenvalue weighted by Crippen LogP contribution is -2.66. The molecule has 83 heavy (non-hydrogen) atoms. The number of unbranched alkanes of at least 4 members (excludes halogenated alkanes) is 26. The Morgan fingerprint density at radius 2 is 0.831 bits per heavy atom. The smallest absolute Gasteiger partial charge is 0.220 e. The van der Waals surface area contributed by atoms with E-state index < -0.39 is 124 Å². The van der Waals surface area contributed by atoms with Crippen LogP contribution in [0.5, 0.6) is 0 Å². The van der Waals surface area contributed by atoms with Gasteiger partial charge in [-0.15, -0.1) is 0 Å². The van der Waals surface area contributed by atoms with E-state index in [-0.39, 0.29) is 18.9 Å². The van der Waals surface area contributed by atoms with E-state index in [0.717, 1.165) is 70.6 Å². The highest BCUT2D eigenvalue weighted by atomic mass is 16.8. The number of hydrogen-bond acceptors (Lipinski definition) is 18. The van der Waals surface area contributed by atoms with E-state index in [0.29, 0.717) is 12.8 Å². The lowest BCUT2D eigenvalue weighted by atomic mass is 9.96. The summed E-state index contributed by atoms with van der Waals surface area (Å²) in [4.78, 5) is 13.3. The first-order chi connectivity index (χ1) is 40.3. The van der Waals surface area contributed by atoms with Crippen LogP contribution in [-0.4, -0.2) is 193 Å². The monoisotopic (exact) mass is 1190 g/mol. The Morgan fingerprint density at radius 1 is 0.434 bits per heavy atom. The topological polar surface area (TPSA) is 307 Å². The predicted octanol–water partition coefficient (Wildman–Crippen LogP) is 7.04. The predicted molar refractivity (Wildman–Crippen MR) is 319 cm³/mol. The molecular formula is C64H115NO18. The molecule has 12 N–H and O–H groups in total. The molecule has 19 heteroatoms. The van der Waals surface area contributed by atoms with E-state index in [1.54, 1.807) is 6.08 Å². The minimum atomic E-state index is -1.98. The van der Waals surface area contributed by atoms with Crippen LogP contribution in [-0.2, 0) is 33.2 Å². The van der Waals surface area contributed by atoms with Gasteiger partial charge in [-0.05, 0) is 57.8 Å². The van der Waals surface area contributed by atoms with Crippen molar-refractivity contribution in [2.45, 2.75) is 324 Å². The molecule has 484 valence electrons. The maximum Gasteiger partial charge on any atom is 0.220 e. The minimum Gasteiger partial charge on any atom is -0.394 e. The normalized spacial score (nSPS) is 29.7. The maximum absolute atomic E-state index is 13.3. The summed E-state index contributed by atoms with van der Waals surface area (Å²) in [5, 5.41) is 120. The van der Waals surface area contributed by atoms with Gasteiger partial charge in [-0.1, -0.05) is 204 Å². The Labute approximate surface area is 497 Å². The molecule has 0 saturated carbocycles. The van der Waals surface area contributed by atoms with Gasteiger partial charge in [0.15, 0.2) is 18.9 Å². The van der Waals surface area contributed by atoms with Crippen molar-refractivity contribution in [3.8, 4) is 0 Å². The third-order valence-corrected chi connectivity index (χ3v) is 16.1.